The summed E-state index contributed by atoms with van der Waals surface area (Å²) >= 11 is 0. The molecule has 2 aromatic carbocycles. The largest absolute Gasteiger partial charge is 0.497 e. The van der Waals surface area contributed by atoms with E-state index in [2.05, 4.69) is 0 Å². The number of rotatable bonds is 6. The number of hydrogen-bond donors (Lipinski definition) is 2. The Morgan fingerprint density at radius 2 is 1.73 bits per heavy atom. The topological polar surface area (TPSA) is 92.5 Å². The van der Waals surface area contributed by atoms with Crippen LogP contribution >= 0.6 is 0 Å². The first-order valence-corrected chi connectivity index (χ1v) is 8.41. The predicted molar refractivity (Wildman–Crippen MR) is 106 cm³/mol. The number of nitrogen functional groups attached to an aromatic ring is 2. The number of nitrogens with zero attached hydrogens (tertiary/aromatic N) is 1. The van der Waals surface area contributed by atoms with Crippen molar-refractivity contribution in [1.82, 2.24) is 4.57 Å². The van der Waals surface area contributed by atoms with E-state index in [4.69, 9.17) is 20.9 Å². The van der Waals surface area contributed by atoms with Gasteiger partial charge in [-0.3, -0.25) is 9.36 Å². The van der Waals surface area contributed by atoms with Crippen LogP contribution in [0.4, 0.5) is 11.5 Å². The number of methoxy groups -OCH3 is 2. The highest BCUT2D eigenvalue weighted by atomic mass is 16.5. The average Bonchev–Trinajstić information content (AvgIpc) is 2.65. The number of fused-ring (bicyclic) bond motifs is 1. The molecule has 1 heterocycles. The van der Waals surface area contributed by atoms with Crippen LogP contribution in [0, 0.1) is 0 Å². The summed E-state index contributed by atoms with van der Waals surface area (Å²) in [6, 6.07) is 13.0. The van der Waals surface area contributed by atoms with Gasteiger partial charge in [0.15, 0.2) is 0 Å². The second-order valence-corrected chi connectivity index (χ2v) is 6.10. The van der Waals surface area contributed by atoms with Gasteiger partial charge in [-0.2, -0.15) is 0 Å². The first-order valence-electron chi connectivity index (χ1n) is 8.41. The summed E-state index contributed by atoms with van der Waals surface area (Å²) in [5, 5.41) is 1.34. The van der Waals surface area contributed by atoms with E-state index in [0.717, 1.165) is 22.3 Å². The molecule has 0 aliphatic carbocycles. The van der Waals surface area contributed by atoms with Crippen molar-refractivity contribution in [2.24, 2.45) is 0 Å². The van der Waals surface area contributed by atoms with Crippen LogP contribution in [0.25, 0.3) is 21.9 Å². The molecule has 0 spiro atoms. The van der Waals surface area contributed by atoms with Gasteiger partial charge in [-0.1, -0.05) is 18.2 Å². The third kappa shape index (κ3) is 3.23. The molecule has 6 nitrogen and oxygen atoms in total. The minimum Gasteiger partial charge on any atom is -0.497 e. The van der Waals surface area contributed by atoms with Crippen molar-refractivity contribution in [2.75, 3.05) is 32.3 Å². The maximum atomic E-state index is 12.9. The monoisotopic (exact) mass is 353 g/mol. The lowest BCUT2D eigenvalue weighted by molar-refractivity contribution is 0.190. The van der Waals surface area contributed by atoms with Gasteiger partial charge in [0.05, 0.1) is 7.11 Å². The number of hydrogen-bond acceptors (Lipinski definition) is 5. The third-order valence-electron chi connectivity index (χ3n) is 4.44. The molecular formula is C20H23N3O3. The molecule has 3 aromatic rings. The van der Waals surface area contributed by atoms with Crippen LogP contribution in [-0.2, 0) is 11.3 Å². The molecule has 136 valence electrons. The Kier molecular flexibility index (Phi) is 5.14. The normalized spacial score (nSPS) is 11.0. The van der Waals surface area contributed by atoms with E-state index in [1.807, 2.05) is 30.3 Å². The Hall–Kier alpha value is -2.99. The second-order valence-electron chi connectivity index (χ2n) is 6.10. The molecule has 0 fully saturated rings. The van der Waals surface area contributed by atoms with Gasteiger partial charge in [0.25, 0.3) is 5.56 Å². The molecule has 0 aliphatic heterocycles. The molecule has 0 aliphatic rings. The van der Waals surface area contributed by atoms with Crippen LogP contribution in [0.1, 0.15) is 6.42 Å². The molecule has 3 rings (SSSR count). The Balaban J connectivity index is 2.26. The zero-order chi connectivity index (χ0) is 18.7. The SMILES string of the molecule is COCCCn1c(N)c(-c2ccc(OC)cc2)c2ccc(N)cc2c1=O. The van der Waals surface area contributed by atoms with Gasteiger partial charge in [-0.25, -0.2) is 0 Å². The van der Waals surface area contributed by atoms with E-state index < -0.39 is 0 Å². The number of nitrogens with two attached hydrogens (primary N) is 2. The van der Waals surface area contributed by atoms with Crippen molar-refractivity contribution in [1.29, 1.82) is 0 Å². The van der Waals surface area contributed by atoms with Crippen LogP contribution in [0.15, 0.2) is 47.3 Å². The Labute approximate surface area is 151 Å². The summed E-state index contributed by atoms with van der Waals surface area (Å²) in [4.78, 5) is 12.9. The molecule has 0 unspecified atom stereocenters. The Bertz CT molecular complexity index is 978. The Morgan fingerprint density at radius 3 is 2.38 bits per heavy atom. The van der Waals surface area contributed by atoms with Gasteiger partial charge >= 0.3 is 0 Å². The third-order valence-corrected chi connectivity index (χ3v) is 4.44. The van der Waals surface area contributed by atoms with Crippen molar-refractivity contribution in [3.8, 4) is 16.9 Å². The fourth-order valence-electron chi connectivity index (χ4n) is 3.13. The number of pyridine rings is 1. The summed E-state index contributed by atoms with van der Waals surface area (Å²) in [7, 11) is 3.26. The molecule has 0 atom stereocenters. The quantitative estimate of drug-likeness (QED) is 0.525. The lowest BCUT2D eigenvalue weighted by Crippen LogP contribution is -2.25. The Morgan fingerprint density at radius 1 is 1.00 bits per heavy atom. The van der Waals surface area contributed by atoms with Gasteiger partial charge in [0.1, 0.15) is 11.6 Å². The minimum atomic E-state index is -0.141. The van der Waals surface area contributed by atoms with Crippen molar-refractivity contribution in [2.45, 2.75) is 13.0 Å². The van der Waals surface area contributed by atoms with Crippen molar-refractivity contribution in [3.63, 3.8) is 0 Å². The molecule has 26 heavy (non-hydrogen) atoms. The van der Waals surface area contributed by atoms with Gasteiger partial charge in [-0.05, 0) is 41.6 Å². The number of benzene rings is 2. The van der Waals surface area contributed by atoms with Gasteiger partial charge in [-0.15, -0.1) is 0 Å². The fraction of sp³-hybridized carbons (Fsp3) is 0.250. The van der Waals surface area contributed by atoms with Gasteiger partial charge < -0.3 is 20.9 Å². The van der Waals surface area contributed by atoms with E-state index in [1.165, 1.54) is 0 Å². The standard InChI is InChI=1S/C20H23N3O3/c1-25-11-3-10-23-19(22)18(13-4-7-15(26-2)8-5-13)16-9-6-14(21)12-17(16)20(23)24/h4-9,12H,3,10-11,21-22H2,1-2H3. The van der Waals surface area contributed by atoms with Crippen molar-refractivity contribution in [3.05, 3.63) is 52.8 Å². The number of aromatic nitrogens is 1. The van der Waals surface area contributed by atoms with Crippen LogP contribution in [0.3, 0.4) is 0 Å². The maximum absolute atomic E-state index is 12.9. The van der Waals surface area contributed by atoms with E-state index in [1.54, 1.807) is 30.9 Å². The van der Waals surface area contributed by atoms with Crippen LogP contribution in [-0.4, -0.2) is 25.4 Å². The van der Waals surface area contributed by atoms with E-state index in [0.29, 0.717) is 36.5 Å². The highest BCUT2D eigenvalue weighted by Gasteiger charge is 2.16. The number of ether oxygens (including phenoxy) is 2. The summed E-state index contributed by atoms with van der Waals surface area (Å²) < 4.78 is 11.9. The summed E-state index contributed by atoms with van der Waals surface area (Å²) in [6.07, 6.45) is 0.691. The highest BCUT2D eigenvalue weighted by molar-refractivity contribution is 6.01. The molecule has 0 saturated heterocycles. The summed E-state index contributed by atoms with van der Waals surface area (Å²) in [5.74, 6) is 1.20. The number of anilines is 2. The van der Waals surface area contributed by atoms with Crippen LogP contribution < -0.4 is 21.8 Å². The van der Waals surface area contributed by atoms with Gasteiger partial charge in [0, 0.05) is 36.9 Å². The first-order chi connectivity index (χ1) is 12.6. The molecular weight excluding hydrogens is 330 g/mol. The lowest BCUT2D eigenvalue weighted by Gasteiger charge is -2.17. The predicted octanol–water partition coefficient (Wildman–Crippen LogP) is 2.88. The smallest absolute Gasteiger partial charge is 0.260 e. The summed E-state index contributed by atoms with van der Waals surface area (Å²) in [5.41, 5.74) is 14.5. The maximum Gasteiger partial charge on any atom is 0.260 e. The molecule has 1 aromatic heterocycles. The van der Waals surface area contributed by atoms with E-state index in [-0.39, 0.29) is 5.56 Å². The zero-order valence-electron chi connectivity index (χ0n) is 15.0. The first kappa shape index (κ1) is 17.8. The van der Waals surface area contributed by atoms with Gasteiger partial charge in [0.2, 0.25) is 0 Å². The molecule has 0 bridgehead atoms. The highest BCUT2D eigenvalue weighted by Crippen LogP contribution is 2.34. The molecule has 0 amide bonds. The second kappa shape index (κ2) is 7.49. The minimum absolute atomic E-state index is 0.141. The van der Waals surface area contributed by atoms with Crippen molar-refractivity contribution >= 4 is 22.3 Å². The molecule has 4 N–H and O–H groups in total. The zero-order valence-corrected chi connectivity index (χ0v) is 15.0. The fourth-order valence-corrected chi connectivity index (χ4v) is 3.13. The van der Waals surface area contributed by atoms with E-state index in [9.17, 15) is 4.79 Å². The van der Waals surface area contributed by atoms with Crippen molar-refractivity contribution < 1.29 is 9.47 Å². The lowest BCUT2D eigenvalue weighted by atomic mass is 9.98. The average molecular weight is 353 g/mol. The molecule has 0 radical (unpaired) electrons. The van der Waals surface area contributed by atoms with Crippen LogP contribution in [0.5, 0.6) is 5.75 Å². The van der Waals surface area contributed by atoms with Crippen LogP contribution in [0.2, 0.25) is 0 Å². The molecule has 0 saturated carbocycles. The van der Waals surface area contributed by atoms with E-state index >= 15 is 0 Å². The molecule has 6 heteroatoms. The summed E-state index contributed by atoms with van der Waals surface area (Å²) in [6.45, 7) is 1.03.